The third kappa shape index (κ3) is 3.00. The molecule has 0 bridgehead atoms. The number of ether oxygens (including phenoxy) is 1. The van der Waals surface area contributed by atoms with E-state index in [-0.39, 0.29) is 5.56 Å². The van der Waals surface area contributed by atoms with Crippen molar-refractivity contribution >= 4 is 31.6 Å². The lowest BCUT2D eigenvalue weighted by molar-refractivity contribution is 0.371. The molecule has 1 fully saturated rings. The summed E-state index contributed by atoms with van der Waals surface area (Å²) in [6, 6.07) is 14.9. The van der Waals surface area contributed by atoms with Crippen molar-refractivity contribution in [1.29, 1.82) is 0 Å². The lowest BCUT2D eigenvalue weighted by Crippen LogP contribution is -2.31. The summed E-state index contributed by atoms with van der Waals surface area (Å²) < 4.78 is 8.55. The molecule has 0 radical (unpaired) electrons. The number of aromatic nitrogens is 2. The molecule has 2 aromatic heterocycles. The van der Waals surface area contributed by atoms with E-state index >= 15 is 0 Å². The standard InChI is InChI=1S/C25H25N3O2S/c1-30-20-7-4-6-17-16(20)10-9-15-13-26-19(22(15)17)11-12-28-14-27-24-23(25(28)29)18-5-2-3-8-21(18)31-24/h2-8,14-15,19,22,26H,9-13H2,1H3/t15-,19?,22+/m0/s1. The van der Waals surface area contributed by atoms with Gasteiger partial charge in [-0.05, 0) is 55.0 Å². The van der Waals surface area contributed by atoms with Gasteiger partial charge in [-0.1, -0.05) is 30.3 Å². The minimum absolute atomic E-state index is 0.0720. The van der Waals surface area contributed by atoms with Crippen LogP contribution in [0.25, 0.3) is 20.3 Å². The second-order valence-electron chi connectivity index (χ2n) is 8.68. The molecule has 1 aliphatic carbocycles. The predicted octanol–water partition coefficient (Wildman–Crippen LogP) is 4.33. The van der Waals surface area contributed by atoms with Crippen molar-refractivity contribution in [3.63, 3.8) is 0 Å². The van der Waals surface area contributed by atoms with Crippen LogP contribution >= 0.6 is 11.3 Å². The second kappa shape index (κ2) is 7.46. The Kier molecular flexibility index (Phi) is 4.58. The Morgan fingerprint density at radius 3 is 3.03 bits per heavy atom. The number of nitrogens with zero attached hydrogens (tertiary/aromatic N) is 2. The van der Waals surface area contributed by atoms with Gasteiger partial charge in [-0.2, -0.15) is 0 Å². The third-order valence-electron chi connectivity index (χ3n) is 7.14. The van der Waals surface area contributed by atoms with Gasteiger partial charge in [-0.25, -0.2) is 4.98 Å². The molecule has 3 heterocycles. The molecular weight excluding hydrogens is 406 g/mol. The maximum absolute atomic E-state index is 13.3. The van der Waals surface area contributed by atoms with Crippen molar-refractivity contribution in [2.75, 3.05) is 13.7 Å². The van der Waals surface area contributed by atoms with Crippen LogP contribution in [0.15, 0.2) is 53.6 Å². The molecule has 4 aromatic rings. The minimum Gasteiger partial charge on any atom is -0.496 e. The highest BCUT2D eigenvalue weighted by atomic mass is 32.1. The van der Waals surface area contributed by atoms with E-state index in [2.05, 4.69) is 34.6 Å². The van der Waals surface area contributed by atoms with Crippen LogP contribution in [0.1, 0.15) is 29.9 Å². The third-order valence-corrected chi connectivity index (χ3v) is 8.22. The fourth-order valence-electron chi connectivity index (χ4n) is 5.69. The topological polar surface area (TPSA) is 56.1 Å². The van der Waals surface area contributed by atoms with Gasteiger partial charge in [0.1, 0.15) is 10.6 Å². The molecule has 0 saturated carbocycles. The molecular formula is C25H25N3O2S. The van der Waals surface area contributed by atoms with Crippen LogP contribution in [0.5, 0.6) is 5.75 Å². The van der Waals surface area contributed by atoms with Gasteiger partial charge in [0.15, 0.2) is 0 Å². The summed E-state index contributed by atoms with van der Waals surface area (Å²) in [7, 11) is 1.76. The highest BCUT2D eigenvalue weighted by Crippen LogP contribution is 2.45. The minimum atomic E-state index is 0.0720. The van der Waals surface area contributed by atoms with Crippen molar-refractivity contribution in [2.24, 2.45) is 5.92 Å². The number of benzene rings is 2. The Morgan fingerprint density at radius 2 is 2.13 bits per heavy atom. The van der Waals surface area contributed by atoms with Gasteiger partial charge in [0, 0.05) is 28.6 Å². The van der Waals surface area contributed by atoms with Crippen molar-refractivity contribution in [2.45, 2.75) is 37.8 Å². The van der Waals surface area contributed by atoms with Gasteiger partial charge in [0.05, 0.1) is 18.8 Å². The summed E-state index contributed by atoms with van der Waals surface area (Å²) in [5, 5.41) is 5.53. The fraction of sp³-hybridized carbons (Fsp3) is 0.360. The van der Waals surface area contributed by atoms with E-state index in [4.69, 9.17) is 4.74 Å². The van der Waals surface area contributed by atoms with Gasteiger partial charge < -0.3 is 10.1 Å². The van der Waals surface area contributed by atoms with Gasteiger partial charge in [0.25, 0.3) is 5.56 Å². The van der Waals surface area contributed by atoms with E-state index < -0.39 is 0 Å². The predicted molar refractivity (Wildman–Crippen MR) is 125 cm³/mol. The van der Waals surface area contributed by atoms with Crippen LogP contribution in [-0.4, -0.2) is 29.2 Å². The molecule has 5 nitrogen and oxygen atoms in total. The number of hydrogen-bond donors (Lipinski definition) is 1. The van der Waals surface area contributed by atoms with E-state index in [1.165, 1.54) is 17.5 Å². The van der Waals surface area contributed by atoms with Crippen LogP contribution < -0.4 is 15.6 Å². The lowest BCUT2D eigenvalue weighted by Gasteiger charge is -2.32. The molecule has 2 aliphatic rings. The maximum atomic E-state index is 13.3. The largest absolute Gasteiger partial charge is 0.496 e. The van der Waals surface area contributed by atoms with Crippen molar-refractivity contribution < 1.29 is 4.74 Å². The molecule has 158 valence electrons. The number of rotatable bonds is 4. The first-order valence-corrected chi connectivity index (χ1v) is 11.8. The number of hydrogen-bond acceptors (Lipinski definition) is 5. The summed E-state index contributed by atoms with van der Waals surface area (Å²) in [4.78, 5) is 18.7. The average Bonchev–Trinajstić information content (AvgIpc) is 3.40. The van der Waals surface area contributed by atoms with Crippen LogP contribution in [0.2, 0.25) is 0 Å². The van der Waals surface area contributed by atoms with Crippen LogP contribution in [-0.2, 0) is 13.0 Å². The molecule has 6 rings (SSSR count). The lowest BCUT2D eigenvalue weighted by atomic mass is 9.73. The first-order chi connectivity index (χ1) is 15.2. The van der Waals surface area contributed by atoms with Crippen LogP contribution in [0.3, 0.4) is 0 Å². The number of nitrogens with one attached hydrogen (secondary N) is 1. The van der Waals surface area contributed by atoms with E-state index in [0.717, 1.165) is 45.4 Å². The molecule has 0 amide bonds. The number of aryl methyl sites for hydroxylation is 1. The first kappa shape index (κ1) is 19.0. The van der Waals surface area contributed by atoms with Gasteiger partial charge in [-0.3, -0.25) is 9.36 Å². The summed E-state index contributed by atoms with van der Waals surface area (Å²) in [6.45, 7) is 1.72. The second-order valence-corrected chi connectivity index (χ2v) is 9.71. The number of thiophene rings is 1. The Bertz CT molecular complexity index is 1340. The Hall–Kier alpha value is -2.70. The monoisotopic (exact) mass is 431 g/mol. The van der Waals surface area contributed by atoms with Gasteiger partial charge in [-0.15, -0.1) is 11.3 Å². The van der Waals surface area contributed by atoms with E-state index in [0.29, 0.717) is 24.4 Å². The Balaban J connectivity index is 1.30. The fourth-order valence-corrected chi connectivity index (χ4v) is 6.72. The van der Waals surface area contributed by atoms with Crippen LogP contribution in [0, 0.1) is 5.92 Å². The van der Waals surface area contributed by atoms with Gasteiger partial charge >= 0.3 is 0 Å². The maximum Gasteiger partial charge on any atom is 0.262 e. The van der Waals surface area contributed by atoms with Crippen LogP contribution in [0.4, 0.5) is 0 Å². The van der Waals surface area contributed by atoms with Crippen molar-refractivity contribution in [3.8, 4) is 5.75 Å². The SMILES string of the molecule is COc1cccc2c1CC[C@H]1CNC(CCn3cnc4sc5ccccc5c4c3=O)[C@@H]21. The molecule has 0 spiro atoms. The van der Waals surface area contributed by atoms with Crippen molar-refractivity contribution in [1.82, 2.24) is 14.9 Å². The zero-order chi connectivity index (χ0) is 20.9. The summed E-state index contributed by atoms with van der Waals surface area (Å²) >= 11 is 1.59. The molecule has 6 heteroatoms. The first-order valence-electron chi connectivity index (χ1n) is 11.0. The molecule has 3 atom stereocenters. The normalized spacial score (nSPS) is 22.5. The molecule has 1 N–H and O–H groups in total. The summed E-state index contributed by atoms with van der Waals surface area (Å²) in [6.07, 6.45) is 4.91. The molecule has 31 heavy (non-hydrogen) atoms. The molecule has 1 unspecified atom stereocenters. The number of methoxy groups -OCH3 is 1. The highest BCUT2D eigenvalue weighted by molar-refractivity contribution is 7.25. The quantitative estimate of drug-likeness (QED) is 0.523. The molecule has 1 saturated heterocycles. The Morgan fingerprint density at radius 1 is 1.23 bits per heavy atom. The smallest absolute Gasteiger partial charge is 0.262 e. The van der Waals surface area contributed by atoms with Gasteiger partial charge in [0.2, 0.25) is 0 Å². The van der Waals surface area contributed by atoms with E-state index in [1.54, 1.807) is 29.3 Å². The average molecular weight is 432 g/mol. The van der Waals surface area contributed by atoms with E-state index in [9.17, 15) is 4.79 Å². The van der Waals surface area contributed by atoms with Crippen molar-refractivity contribution in [3.05, 3.63) is 70.3 Å². The summed E-state index contributed by atoms with van der Waals surface area (Å²) in [5.41, 5.74) is 2.86. The highest BCUT2D eigenvalue weighted by Gasteiger charge is 2.40. The zero-order valence-corrected chi connectivity index (χ0v) is 18.3. The zero-order valence-electron chi connectivity index (χ0n) is 17.5. The molecule has 1 aliphatic heterocycles. The summed E-state index contributed by atoms with van der Waals surface area (Å²) in [5.74, 6) is 2.15. The van der Waals surface area contributed by atoms with E-state index in [1.807, 2.05) is 18.2 Å². The number of fused-ring (bicyclic) bond motifs is 6. The molecule has 2 aromatic carbocycles. The Labute approximate surface area is 184 Å².